The van der Waals surface area contributed by atoms with Gasteiger partial charge in [0.15, 0.2) is 0 Å². The van der Waals surface area contributed by atoms with Gasteiger partial charge in [0.05, 0.1) is 11.4 Å². The lowest BCUT2D eigenvalue weighted by Crippen LogP contribution is -2.20. The van der Waals surface area contributed by atoms with Gasteiger partial charge in [-0.1, -0.05) is 25.6 Å². The molecule has 1 aromatic rings. The molecule has 1 rings (SSSR count). The Morgan fingerprint density at radius 2 is 2.00 bits per heavy atom. The van der Waals surface area contributed by atoms with Crippen molar-refractivity contribution in [2.75, 3.05) is 12.8 Å². The summed E-state index contributed by atoms with van der Waals surface area (Å²) < 4.78 is 0. The van der Waals surface area contributed by atoms with Crippen molar-refractivity contribution in [2.45, 2.75) is 31.7 Å². The van der Waals surface area contributed by atoms with Crippen molar-refractivity contribution in [1.82, 2.24) is 15.3 Å². The molecule has 104 valence electrons. The van der Waals surface area contributed by atoms with Crippen LogP contribution in [0, 0.1) is 6.92 Å². The number of carboxylic acid groups (broad SMARTS) is 1. The van der Waals surface area contributed by atoms with Crippen molar-refractivity contribution in [3.05, 3.63) is 17.1 Å². The minimum Gasteiger partial charge on any atom is -0.478 e. The predicted molar refractivity (Wildman–Crippen MR) is 72.6 cm³/mol. The van der Waals surface area contributed by atoms with Crippen LogP contribution in [0.5, 0.6) is 0 Å². The van der Waals surface area contributed by atoms with Crippen LogP contribution < -0.4 is 5.32 Å². The number of aromatic carboxylic acids is 1. The highest BCUT2D eigenvalue weighted by Crippen LogP contribution is 2.24. The molecular formula is C12H17N3O3S. The third-order valence-corrected chi connectivity index (χ3v) is 3.40. The van der Waals surface area contributed by atoms with Gasteiger partial charge in [0, 0.05) is 13.0 Å². The third-order valence-electron chi connectivity index (χ3n) is 2.42. The molecule has 0 saturated heterocycles. The minimum atomic E-state index is -1.08. The van der Waals surface area contributed by atoms with E-state index in [0.29, 0.717) is 16.5 Å². The zero-order valence-electron chi connectivity index (χ0n) is 11.4. The van der Waals surface area contributed by atoms with Crippen LogP contribution in [0.1, 0.15) is 41.6 Å². The molecule has 0 aromatic carbocycles. The molecule has 0 aliphatic rings. The van der Waals surface area contributed by atoms with Gasteiger partial charge in [-0.05, 0) is 6.92 Å². The van der Waals surface area contributed by atoms with Gasteiger partial charge in [-0.3, -0.25) is 4.79 Å². The number of nitrogens with one attached hydrogen (secondary N) is 1. The summed E-state index contributed by atoms with van der Waals surface area (Å²) in [6.07, 6.45) is 0. The van der Waals surface area contributed by atoms with E-state index in [2.05, 4.69) is 15.3 Å². The Morgan fingerprint density at radius 1 is 1.37 bits per heavy atom. The van der Waals surface area contributed by atoms with Crippen molar-refractivity contribution in [2.24, 2.45) is 0 Å². The minimum absolute atomic E-state index is 0.0679. The molecule has 0 unspecified atom stereocenters. The molecule has 0 bridgehead atoms. The largest absolute Gasteiger partial charge is 0.478 e. The molecule has 1 heterocycles. The quantitative estimate of drug-likeness (QED) is 0.627. The maximum atomic E-state index is 11.2. The Balaban J connectivity index is 3.16. The zero-order valence-corrected chi connectivity index (χ0v) is 12.2. The highest BCUT2D eigenvalue weighted by atomic mass is 32.2. The maximum Gasteiger partial charge on any atom is 0.340 e. The van der Waals surface area contributed by atoms with E-state index < -0.39 is 5.97 Å². The van der Waals surface area contributed by atoms with E-state index in [9.17, 15) is 14.7 Å². The number of hydrogen-bond donors (Lipinski definition) is 2. The molecule has 1 aromatic heterocycles. The Labute approximate surface area is 116 Å². The first-order chi connectivity index (χ1) is 8.86. The van der Waals surface area contributed by atoms with Crippen LogP contribution in [0.25, 0.3) is 0 Å². The fourth-order valence-corrected chi connectivity index (χ4v) is 2.33. The number of amides is 1. The fraction of sp³-hybridized carbons (Fsp3) is 0.500. The lowest BCUT2D eigenvalue weighted by atomic mass is 10.2. The number of carbonyl (C=O) groups excluding carboxylic acids is 1. The van der Waals surface area contributed by atoms with Crippen LogP contribution in [-0.4, -0.2) is 39.8 Å². The van der Waals surface area contributed by atoms with Gasteiger partial charge in [-0.25, -0.2) is 14.8 Å². The molecule has 1 amide bonds. The number of aromatic nitrogens is 2. The molecule has 0 spiro atoms. The van der Waals surface area contributed by atoms with E-state index in [1.54, 1.807) is 6.92 Å². The number of nitrogens with zero attached hydrogens (tertiary/aromatic N) is 2. The second-order valence-corrected chi connectivity index (χ2v) is 5.23. The molecule has 19 heavy (non-hydrogen) atoms. The van der Waals surface area contributed by atoms with Gasteiger partial charge in [-0.15, -0.1) is 0 Å². The molecule has 0 radical (unpaired) electrons. The van der Waals surface area contributed by atoms with Gasteiger partial charge in [0.1, 0.15) is 16.4 Å². The van der Waals surface area contributed by atoms with Crippen molar-refractivity contribution >= 4 is 23.6 Å². The summed E-state index contributed by atoms with van der Waals surface area (Å²) in [6.45, 7) is 5.51. The van der Waals surface area contributed by atoms with Gasteiger partial charge >= 0.3 is 5.97 Å². The molecule has 2 N–H and O–H groups in total. The standard InChI is InChI=1S/C12H17N3O3S/c1-6(2)10-14-7(3)9(12(17)18)11(15-10)19-5-8(16)13-4/h6H,5H2,1-4H3,(H,13,16)(H,17,18). The molecule has 0 fully saturated rings. The molecule has 6 nitrogen and oxygen atoms in total. The Morgan fingerprint density at radius 3 is 2.47 bits per heavy atom. The first-order valence-electron chi connectivity index (χ1n) is 5.82. The highest BCUT2D eigenvalue weighted by molar-refractivity contribution is 8.00. The van der Waals surface area contributed by atoms with Crippen LogP contribution in [0.15, 0.2) is 5.03 Å². The lowest BCUT2D eigenvalue weighted by molar-refractivity contribution is -0.118. The average molecular weight is 283 g/mol. The summed E-state index contributed by atoms with van der Waals surface area (Å²) in [6, 6.07) is 0. The molecule has 0 saturated carbocycles. The summed E-state index contributed by atoms with van der Waals surface area (Å²) in [5.41, 5.74) is 0.490. The summed E-state index contributed by atoms with van der Waals surface area (Å²) in [7, 11) is 1.53. The van der Waals surface area contributed by atoms with E-state index in [1.165, 1.54) is 7.05 Å². The molecule has 7 heteroatoms. The SMILES string of the molecule is CNC(=O)CSc1nc(C(C)C)nc(C)c1C(=O)O. The monoisotopic (exact) mass is 283 g/mol. The fourth-order valence-electron chi connectivity index (χ4n) is 1.38. The van der Waals surface area contributed by atoms with Crippen molar-refractivity contribution in [3.8, 4) is 0 Å². The second-order valence-electron chi connectivity index (χ2n) is 4.27. The van der Waals surface area contributed by atoms with Crippen LogP contribution in [0.3, 0.4) is 0 Å². The number of aryl methyl sites for hydroxylation is 1. The van der Waals surface area contributed by atoms with Crippen LogP contribution in [0.2, 0.25) is 0 Å². The zero-order chi connectivity index (χ0) is 14.6. The second kappa shape index (κ2) is 6.51. The summed E-state index contributed by atoms with van der Waals surface area (Å²) >= 11 is 1.11. The molecular weight excluding hydrogens is 266 g/mol. The Hall–Kier alpha value is -1.63. The van der Waals surface area contributed by atoms with Crippen molar-refractivity contribution < 1.29 is 14.7 Å². The molecule has 0 aliphatic carbocycles. The van der Waals surface area contributed by atoms with E-state index in [4.69, 9.17) is 0 Å². The van der Waals surface area contributed by atoms with Gasteiger partial charge in [-0.2, -0.15) is 0 Å². The Kier molecular flexibility index (Phi) is 5.29. The summed E-state index contributed by atoms with van der Waals surface area (Å²) in [4.78, 5) is 30.9. The number of carboxylic acids is 1. The van der Waals surface area contributed by atoms with E-state index in [1.807, 2.05) is 13.8 Å². The number of rotatable bonds is 5. The Bertz CT molecular complexity index is 503. The van der Waals surface area contributed by atoms with E-state index in [-0.39, 0.29) is 23.1 Å². The van der Waals surface area contributed by atoms with Gasteiger partial charge < -0.3 is 10.4 Å². The number of thioether (sulfide) groups is 1. The summed E-state index contributed by atoms with van der Waals surface area (Å²) in [5, 5.41) is 12.0. The van der Waals surface area contributed by atoms with Crippen LogP contribution in [0.4, 0.5) is 0 Å². The van der Waals surface area contributed by atoms with Crippen molar-refractivity contribution in [1.29, 1.82) is 0 Å². The first-order valence-corrected chi connectivity index (χ1v) is 6.80. The van der Waals surface area contributed by atoms with Crippen LogP contribution >= 0.6 is 11.8 Å². The number of carbonyl (C=O) groups is 2. The third kappa shape index (κ3) is 3.92. The van der Waals surface area contributed by atoms with Crippen LogP contribution in [-0.2, 0) is 4.79 Å². The normalized spacial score (nSPS) is 10.6. The maximum absolute atomic E-state index is 11.2. The topological polar surface area (TPSA) is 92.2 Å². The first kappa shape index (κ1) is 15.4. The predicted octanol–water partition coefficient (Wildman–Crippen LogP) is 1.44. The summed E-state index contributed by atoms with van der Waals surface area (Å²) in [5.74, 6) is -0.441. The highest BCUT2D eigenvalue weighted by Gasteiger charge is 2.20. The van der Waals surface area contributed by atoms with E-state index >= 15 is 0 Å². The van der Waals surface area contributed by atoms with Gasteiger partial charge in [0.25, 0.3) is 0 Å². The average Bonchev–Trinajstić information content (AvgIpc) is 2.34. The number of hydrogen-bond acceptors (Lipinski definition) is 5. The van der Waals surface area contributed by atoms with Crippen molar-refractivity contribution in [3.63, 3.8) is 0 Å². The van der Waals surface area contributed by atoms with E-state index in [0.717, 1.165) is 11.8 Å². The smallest absolute Gasteiger partial charge is 0.340 e. The molecule has 0 aliphatic heterocycles. The van der Waals surface area contributed by atoms with Gasteiger partial charge in [0.2, 0.25) is 5.91 Å². The lowest BCUT2D eigenvalue weighted by Gasteiger charge is -2.11. The molecule has 0 atom stereocenters.